The first-order valence-electron chi connectivity index (χ1n) is 6.91. The Morgan fingerprint density at radius 1 is 1.33 bits per heavy atom. The maximum absolute atomic E-state index is 11.6. The molecule has 0 bridgehead atoms. The van der Waals surface area contributed by atoms with Gasteiger partial charge in [-0.05, 0) is 58.9 Å². The van der Waals surface area contributed by atoms with Crippen molar-refractivity contribution < 1.29 is 4.79 Å². The Kier molecular flexibility index (Phi) is 5.42. The smallest absolute Gasteiger partial charge is 0.224 e. The van der Waals surface area contributed by atoms with Crippen LogP contribution < -0.4 is 10.6 Å². The van der Waals surface area contributed by atoms with E-state index in [1.54, 1.807) is 11.3 Å². The van der Waals surface area contributed by atoms with Gasteiger partial charge >= 0.3 is 0 Å². The molecule has 1 atom stereocenters. The molecule has 21 heavy (non-hydrogen) atoms. The highest BCUT2D eigenvalue weighted by Crippen LogP contribution is 2.33. The van der Waals surface area contributed by atoms with E-state index in [0.29, 0.717) is 6.42 Å². The maximum atomic E-state index is 11.6. The minimum Gasteiger partial charge on any atom is -0.377 e. The molecule has 3 nitrogen and oxygen atoms in total. The van der Waals surface area contributed by atoms with Crippen LogP contribution in [0, 0.1) is 6.92 Å². The van der Waals surface area contributed by atoms with Crippen LogP contribution in [0.15, 0.2) is 34.1 Å². The highest BCUT2D eigenvalue weighted by Gasteiger charge is 2.13. The minimum atomic E-state index is 0.0318. The van der Waals surface area contributed by atoms with Crippen LogP contribution in [0.2, 0.25) is 0 Å². The van der Waals surface area contributed by atoms with Crippen molar-refractivity contribution in [2.45, 2.75) is 33.2 Å². The van der Waals surface area contributed by atoms with Gasteiger partial charge in [-0.1, -0.05) is 13.0 Å². The number of nitrogens with one attached hydrogen (secondary N) is 2. The lowest BCUT2D eigenvalue weighted by atomic mass is 10.1. The predicted octanol–water partition coefficient (Wildman–Crippen LogP) is 5.34. The van der Waals surface area contributed by atoms with Crippen molar-refractivity contribution in [1.29, 1.82) is 0 Å². The van der Waals surface area contributed by atoms with Gasteiger partial charge in [0.15, 0.2) is 0 Å². The number of anilines is 2. The number of carbonyl (C=O) groups is 1. The summed E-state index contributed by atoms with van der Waals surface area (Å²) in [6.07, 6.45) is 0.482. The predicted molar refractivity (Wildman–Crippen MR) is 94.2 cm³/mol. The summed E-state index contributed by atoms with van der Waals surface area (Å²) in [5.41, 5.74) is 2.96. The van der Waals surface area contributed by atoms with Gasteiger partial charge < -0.3 is 10.6 Å². The normalized spacial score (nSPS) is 12.0. The molecule has 112 valence electrons. The van der Waals surface area contributed by atoms with Crippen molar-refractivity contribution in [3.05, 3.63) is 44.6 Å². The van der Waals surface area contributed by atoms with Gasteiger partial charge in [-0.25, -0.2) is 0 Å². The first-order chi connectivity index (χ1) is 10.0. The fraction of sp³-hybridized carbons (Fsp3) is 0.312. The van der Waals surface area contributed by atoms with Gasteiger partial charge in [0.05, 0.1) is 6.04 Å². The van der Waals surface area contributed by atoms with Crippen LogP contribution in [0.3, 0.4) is 0 Å². The molecule has 1 aromatic heterocycles. The fourth-order valence-corrected chi connectivity index (χ4v) is 3.80. The highest BCUT2D eigenvalue weighted by molar-refractivity contribution is 9.10. The molecule has 0 aliphatic rings. The Morgan fingerprint density at radius 2 is 2.05 bits per heavy atom. The molecule has 2 aromatic rings. The van der Waals surface area contributed by atoms with Gasteiger partial charge in [-0.3, -0.25) is 4.79 Å². The third-order valence-corrected chi connectivity index (χ3v) is 5.39. The van der Waals surface area contributed by atoms with Crippen LogP contribution in [0.5, 0.6) is 0 Å². The van der Waals surface area contributed by atoms with Crippen molar-refractivity contribution in [2.24, 2.45) is 0 Å². The second-order valence-corrected chi connectivity index (χ2v) is 6.68. The number of hydrogen-bond acceptors (Lipinski definition) is 3. The number of thiophene rings is 1. The van der Waals surface area contributed by atoms with E-state index >= 15 is 0 Å². The van der Waals surface area contributed by atoms with E-state index in [1.165, 1.54) is 4.88 Å². The SMILES string of the molecule is CCC(=O)Nc1cccc(NC(C)c2sccc2Br)c1C. The van der Waals surface area contributed by atoms with Crippen LogP contribution >= 0.6 is 27.3 Å². The number of benzene rings is 1. The first-order valence-corrected chi connectivity index (χ1v) is 8.59. The number of halogens is 1. The van der Waals surface area contributed by atoms with E-state index in [2.05, 4.69) is 44.9 Å². The lowest BCUT2D eigenvalue weighted by molar-refractivity contribution is -0.115. The molecule has 2 rings (SSSR count). The molecule has 5 heteroatoms. The Hall–Kier alpha value is -1.33. The van der Waals surface area contributed by atoms with Gasteiger partial charge in [0.25, 0.3) is 0 Å². The van der Waals surface area contributed by atoms with E-state index in [-0.39, 0.29) is 11.9 Å². The van der Waals surface area contributed by atoms with E-state index < -0.39 is 0 Å². The summed E-state index contributed by atoms with van der Waals surface area (Å²) in [7, 11) is 0. The molecule has 0 saturated carbocycles. The molecule has 2 N–H and O–H groups in total. The number of hydrogen-bond donors (Lipinski definition) is 2. The van der Waals surface area contributed by atoms with Gasteiger partial charge in [-0.2, -0.15) is 0 Å². The average molecular weight is 367 g/mol. The molecular formula is C16H19BrN2OS. The summed E-state index contributed by atoms with van der Waals surface area (Å²) in [6, 6.07) is 8.18. The summed E-state index contributed by atoms with van der Waals surface area (Å²) in [5.74, 6) is 0.0318. The van der Waals surface area contributed by atoms with Crippen molar-refractivity contribution >= 4 is 44.5 Å². The van der Waals surface area contributed by atoms with Crippen molar-refractivity contribution in [2.75, 3.05) is 10.6 Å². The van der Waals surface area contributed by atoms with Crippen molar-refractivity contribution in [3.8, 4) is 0 Å². The minimum absolute atomic E-state index is 0.0318. The second-order valence-electron chi connectivity index (χ2n) is 4.88. The van der Waals surface area contributed by atoms with Gasteiger partial charge in [-0.15, -0.1) is 11.3 Å². The van der Waals surface area contributed by atoms with Crippen LogP contribution in [0.25, 0.3) is 0 Å². The quantitative estimate of drug-likeness (QED) is 0.749. The second kappa shape index (κ2) is 7.09. The van der Waals surface area contributed by atoms with Crippen LogP contribution in [0.1, 0.15) is 36.8 Å². The summed E-state index contributed by atoms with van der Waals surface area (Å²) < 4.78 is 1.13. The lowest BCUT2D eigenvalue weighted by Gasteiger charge is -2.18. The van der Waals surface area contributed by atoms with Crippen LogP contribution in [0.4, 0.5) is 11.4 Å². The van der Waals surface area contributed by atoms with E-state index in [1.807, 2.05) is 32.0 Å². The van der Waals surface area contributed by atoms with Crippen molar-refractivity contribution in [3.63, 3.8) is 0 Å². The third-order valence-electron chi connectivity index (χ3n) is 3.34. The molecule has 1 unspecified atom stereocenters. The Balaban J connectivity index is 2.19. The molecule has 0 radical (unpaired) electrons. The molecule has 1 aromatic carbocycles. The van der Waals surface area contributed by atoms with Crippen LogP contribution in [-0.2, 0) is 4.79 Å². The van der Waals surface area contributed by atoms with Crippen LogP contribution in [-0.4, -0.2) is 5.91 Å². The molecule has 0 aliphatic heterocycles. The van der Waals surface area contributed by atoms with Gasteiger partial charge in [0.1, 0.15) is 0 Å². The molecule has 0 saturated heterocycles. The monoisotopic (exact) mass is 366 g/mol. The molecule has 1 heterocycles. The zero-order chi connectivity index (χ0) is 15.4. The zero-order valence-corrected chi connectivity index (χ0v) is 14.8. The number of rotatable bonds is 5. The standard InChI is InChI=1S/C16H19BrN2OS/c1-4-15(20)19-14-7-5-6-13(10(14)2)18-11(3)16-12(17)8-9-21-16/h5-9,11,18H,4H2,1-3H3,(H,19,20). The largest absolute Gasteiger partial charge is 0.377 e. The van der Waals surface area contributed by atoms with Gasteiger partial charge in [0.2, 0.25) is 5.91 Å². The Bertz CT molecular complexity index is 639. The topological polar surface area (TPSA) is 41.1 Å². The number of amides is 1. The van der Waals surface area contributed by atoms with Crippen molar-refractivity contribution in [1.82, 2.24) is 0 Å². The summed E-state index contributed by atoms with van der Waals surface area (Å²) >= 11 is 5.29. The zero-order valence-electron chi connectivity index (χ0n) is 12.4. The maximum Gasteiger partial charge on any atom is 0.224 e. The molecule has 0 fully saturated rings. The molecule has 1 amide bonds. The summed E-state index contributed by atoms with van der Waals surface area (Å²) in [5, 5.41) is 8.52. The summed E-state index contributed by atoms with van der Waals surface area (Å²) in [4.78, 5) is 12.8. The summed E-state index contributed by atoms with van der Waals surface area (Å²) in [6.45, 7) is 6.00. The third kappa shape index (κ3) is 3.86. The lowest BCUT2D eigenvalue weighted by Crippen LogP contribution is -2.12. The van der Waals surface area contributed by atoms with E-state index in [0.717, 1.165) is 21.4 Å². The van der Waals surface area contributed by atoms with E-state index in [9.17, 15) is 4.79 Å². The highest BCUT2D eigenvalue weighted by atomic mass is 79.9. The molecular weight excluding hydrogens is 348 g/mol. The Morgan fingerprint density at radius 3 is 2.67 bits per heavy atom. The average Bonchev–Trinajstić information content (AvgIpc) is 2.89. The number of carbonyl (C=O) groups excluding carboxylic acids is 1. The van der Waals surface area contributed by atoms with Gasteiger partial charge in [0, 0.05) is 27.1 Å². The molecule has 0 aliphatic carbocycles. The Labute approximate surface area is 137 Å². The molecule has 0 spiro atoms. The van der Waals surface area contributed by atoms with E-state index in [4.69, 9.17) is 0 Å². The fourth-order valence-electron chi connectivity index (χ4n) is 2.08. The first kappa shape index (κ1) is 16.0.